The van der Waals surface area contributed by atoms with Crippen LogP contribution in [0.1, 0.15) is 18.8 Å². The number of aromatic nitrogens is 2. The highest BCUT2D eigenvalue weighted by molar-refractivity contribution is 5.77. The first-order valence-electron chi connectivity index (χ1n) is 6.26. The number of aromatic amines is 1. The van der Waals surface area contributed by atoms with E-state index in [4.69, 9.17) is 4.74 Å². The zero-order valence-electron chi connectivity index (χ0n) is 10.9. The second-order valence-electron chi connectivity index (χ2n) is 4.39. The van der Waals surface area contributed by atoms with Crippen LogP contribution in [0.15, 0.2) is 12.4 Å². The quantitative estimate of drug-likeness (QED) is 0.835. The lowest BCUT2D eigenvalue weighted by atomic mass is 10.1. The average Bonchev–Trinajstić information content (AvgIpc) is 2.92. The first kappa shape index (κ1) is 13.0. The van der Waals surface area contributed by atoms with E-state index >= 15 is 0 Å². The van der Waals surface area contributed by atoms with Gasteiger partial charge >= 0.3 is 0 Å². The molecule has 1 fully saturated rings. The highest BCUT2D eigenvalue weighted by Gasteiger charge is 2.30. The maximum atomic E-state index is 11.9. The normalized spacial score (nSPS) is 21.2. The standard InChI is InChI=1S/C12H20N4O2/c1-3-15-6-7-16(11(17)9-18-2)8-10(15)12-13-4-5-14-12/h4-5,10H,3,6-9H2,1-2H3,(H,13,14)/t10-/m0/s1. The third-order valence-corrected chi connectivity index (χ3v) is 3.35. The molecule has 1 atom stereocenters. The SMILES string of the molecule is CCN1CCN(C(=O)COC)C[C@H]1c1ncc[nH]1. The Morgan fingerprint density at radius 2 is 2.44 bits per heavy atom. The smallest absolute Gasteiger partial charge is 0.248 e. The lowest BCUT2D eigenvalue weighted by Crippen LogP contribution is -2.51. The monoisotopic (exact) mass is 252 g/mol. The molecule has 0 spiro atoms. The van der Waals surface area contributed by atoms with Crippen LogP contribution in [0.5, 0.6) is 0 Å². The Hall–Kier alpha value is -1.40. The van der Waals surface area contributed by atoms with Crippen LogP contribution in [-0.2, 0) is 9.53 Å². The summed E-state index contributed by atoms with van der Waals surface area (Å²) in [6.07, 6.45) is 3.57. The maximum Gasteiger partial charge on any atom is 0.248 e. The Bertz CT molecular complexity index is 379. The highest BCUT2D eigenvalue weighted by atomic mass is 16.5. The van der Waals surface area contributed by atoms with Crippen molar-refractivity contribution in [2.45, 2.75) is 13.0 Å². The first-order chi connectivity index (χ1) is 8.76. The largest absolute Gasteiger partial charge is 0.375 e. The van der Waals surface area contributed by atoms with Gasteiger partial charge in [0.15, 0.2) is 0 Å². The Kier molecular flexibility index (Phi) is 4.33. The molecule has 2 heterocycles. The molecular formula is C12H20N4O2. The van der Waals surface area contributed by atoms with E-state index in [9.17, 15) is 4.79 Å². The summed E-state index contributed by atoms with van der Waals surface area (Å²) >= 11 is 0. The first-order valence-corrected chi connectivity index (χ1v) is 6.26. The molecule has 18 heavy (non-hydrogen) atoms. The number of carbonyl (C=O) groups excluding carboxylic acids is 1. The van der Waals surface area contributed by atoms with Crippen molar-refractivity contribution in [1.82, 2.24) is 19.8 Å². The van der Waals surface area contributed by atoms with Gasteiger partial charge in [0.25, 0.3) is 0 Å². The average molecular weight is 252 g/mol. The molecule has 0 radical (unpaired) electrons. The van der Waals surface area contributed by atoms with Crippen LogP contribution in [0.4, 0.5) is 0 Å². The minimum atomic E-state index is 0.0461. The van der Waals surface area contributed by atoms with Gasteiger partial charge in [-0.2, -0.15) is 0 Å². The molecule has 100 valence electrons. The lowest BCUT2D eigenvalue weighted by molar-refractivity contribution is -0.138. The molecular weight excluding hydrogens is 232 g/mol. The van der Waals surface area contributed by atoms with Crippen LogP contribution in [0, 0.1) is 0 Å². The molecule has 2 rings (SSSR count). The number of methoxy groups -OCH3 is 1. The molecule has 1 aromatic heterocycles. The molecule has 0 saturated carbocycles. The number of nitrogens with zero attached hydrogens (tertiary/aromatic N) is 3. The minimum Gasteiger partial charge on any atom is -0.375 e. The fraction of sp³-hybridized carbons (Fsp3) is 0.667. The predicted molar refractivity (Wildman–Crippen MR) is 67.0 cm³/mol. The molecule has 1 amide bonds. The Labute approximate surface area is 107 Å². The van der Waals surface area contributed by atoms with Crippen molar-refractivity contribution in [3.63, 3.8) is 0 Å². The molecule has 1 aromatic rings. The molecule has 0 unspecified atom stereocenters. The fourth-order valence-electron chi connectivity index (χ4n) is 2.36. The predicted octanol–water partition coefficient (Wildman–Crippen LogP) is 0.261. The topological polar surface area (TPSA) is 61.5 Å². The number of piperazine rings is 1. The zero-order valence-corrected chi connectivity index (χ0v) is 10.9. The summed E-state index contributed by atoms with van der Waals surface area (Å²) in [6, 6.07) is 0.152. The number of carbonyl (C=O) groups is 1. The molecule has 1 saturated heterocycles. The lowest BCUT2D eigenvalue weighted by Gasteiger charge is -2.40. The van der Waals surface area contributed by atoms with Crippen molar-refractivity contribution in [2.24, 2.45) is 0 Å². The summed E-state index contributed by atoms with van der Waals surface area (Å²) in [6.45, 7) is 5.53. The van der Waals surface area contributed by atoms with Gasteiger partial charge in [-0.25, -0.2) is 4.98 Å². The van der Waals surface area contributed by atoms with Crippen molar-refractivity contribution in [2.75, 3.05) is 39.9 Å². The van der Waals surface area contributed by atoms with Crippen molar-refractivity contribution in [3.05, 3.63) is 18.2 Å². The number of ether oxygens (including phenoxy) is 1. The van der Waals surface area contributed by atoms with E-state index in [2.05, 4.69) is 21.8 Å². The summed E-state index contributed by atoms with van der Waals surface area (Å²) in [5.41, 5.74) is 0. The fourth-order valence-corrected chi connectivity index (χ4v) is 2.36. The van der Waals surface area contributed by atoms with Gasteiger partial charge in [-0.15, -0.1) is 0 Å². The van der Waals surface area contributed by atoms with Gasteiger partial charge in [0.1, 0.15) is 12.4 Å². The van der Waals surface area contributed by atoms with Gasteiger partial charge in [-0.1, -0.05) is 6.92 Å². The highest BCUT2D eigenvalue weighted by Crippen LogP contribution is 2.22. The van der Waals surface area contributed by atoms with E-state index in [1.54, 1.807) is 13.3 Å². The van der Waals surface area contributed by atoms with Gasteiger partial charge in [0, 0.05) is 39.1 Å². The number of likely N-dealkylation sites (N-methyl/N-ethyl adjacent to an activating group) is 1. The summed E-state index contributed by atoms with van der Waals surface area (Å²) < 4.78 is 4.91. The van der Waals surface area contributed by atoms with E-state index < -0.39 is 0 Å². The van der Waals surface area contributed by atoms with Crippen LogP contribution in [0.2, 0.25) is 0 Å². The summed E-state index contributed by atoms with van der Waals surface area (Å²) in [5, 5.41) is 0. The van der Waals surface area contributed by atoms with E-state index in [0.717, 1.165) is 25.5 Å². The van der Waals surface area contributed by atoms with E-state index in [1.165, 1.54) is 0 Å². The van der Waals surface area contributed by atoms with E-state index in [0.29, 0.717) is 6.54 Å². The van der Waals surface area contributed by atoms with Gasteiger partial charge in [-0.3, -0.25) is 9.69 Å². The summed E-state index contributed by atoms with van der Waals surface area (Å²) in [5.74, 6) is 0.969. The molecule has 0 bridgehead atoms. The van der Waals surface area contributed by atoms with Crippen molar-refractivity contribution < 1.29 is 9.53 Å². The second-order valence-corrected chi connectivity index (χ2v) is 4.39. The van der Waals surface area contributed by atoms with Crippen LogP contribution in [0.3, 0.4) is 0 Å². The number of imidazole rings is 1. The number of amides is 1. The zero-order chi connectivity index (χ0) is 13.0. The van der Waals surface area contributed by atoms with Gasteiger partial charge < -0.3 is 14.6 Å². The molecule has 6 heteroatoms. The Morgan fingerprint density at radius 1 is 1.61 bits per heavy atom. The Morgan fingerprint density at radius 3 is 3.06 bits per heavy atom. The van der Waals surface area contributed by atoms with Crippen molar-refractivity contribution in [3.8, 4) is 0 Å². The molecule has 0 aromatic carbocycles. The van der Waals surface area contributed by atoms with Crippen LogP contribution >= 0.6 is 0 Å². The van der Waals surface area contributed by atoms with Crippen LogP contribution < -0.4 is 0 Å². The van der Waals surface area contributed by atoms with E-state index in [-0.39, 0.29) is 18.6 Å². The number of hydrogen-bond donors (Lipinski definition) is 1. The van der Waals surface area contributed by atoms with Gasteiger partial charge in [0.2, 0.25) is 5.91 Å². The third-order valence-electron chi connectivity index (χ3n) is 3.35. The molecule has 1 aliphatic rings. The number of nitrogens with one attached hydrogen (secondary N) is 1. The number of rotatable bonds is 4. The van der Waals surface area contributed by atoms with Gasteiger partial charge in [-0.05, 0) is 6.54 Å². The number of H-pyrrole nitrogens is 1. The Balaban J connectivity index is 2.07. The molecule has 0 aliphatic carbocycles. The molecule has 1 N–H and O–H groups in total. The maximum absolute atomic E-state index is 11.9. The van der Waals surface area contributed by atoms with Crippen molar-refractivity contribution in [1.29, 1.82) is 0 Å². The summed E-state index contributed by atoms with van der Waals surface area (Å²) in [7, 11) is 1.55. The van der Waals surface area contributed by atoms with Gasteiger partial charge in [0.05, 0.1) is 6.04 Å². The second kappa shape index (κ2) is 5.97. The molecule has 6 nitrogen and oxygen atoms in total. The number of hydrogen-bond acceptors (Lipinski definition) is 4. The van der Waals surface area contributed by atoms with Crippen LogP contribution in [0.25, 0.3) is 0 Å². The third kappa shape index (κ3) is 2.70. The summed E-state index contributed by atoms with van der Waals surface area (Å²) in [4.78, 5) is 23.5. The van der Waals surface area contributed by atoms with Crippen LogP contribution in [-0.4, -0.2) is 65.6 Å². The molecule has 1 aliphatic heterocycles. The van der Waals surface area contributed by atoms with E-state index in [1.807, 2.05) is 11.1 Å². The minimum absolute atomic E-state index is 0.0461. The van der Waals surface area contributed by atoms with Crippen molar-refractivity contribution >= 4 is 5.91 Å².